The Morgan fingerprint density at radius 3 is 2.27 bits per heavy atom. The molecule has 3 aromatic rings. The average Bonchev–Trinajstić information content (AvgIpc) is 3.02. The predicted octanol–water partition coefficient (Wildman–Crippen LogP) is 3.47. The maximum Gasteiger partial charge on any atom is 0.278 e. The summed E-state index contributed by atoms with van der Waals surface area (Å²) in [7, 11) is 1.19. The Bertz CT molecular complexity index is 1270. The molecule has 2 aromatic heterocycles. The molecule has 3 rings (SSSR count). The van der Waals surface area contributed by atoms with Gasteiger partial charge in [-0.2, -0.15) is 0 Å². The van der Waals surface area contributed by atoms with Gasteiger partial charge in [-0.15, -0.1) is 5.10 Å². The van der Waals surface area contributed by atoms with Crippen LogP contribution >= 0.6 is 0 Å². The Balaban J connectivity index is 2.25. The summed E-state index contributed by atoms with van der Waals surface area (Å²) in [6, 6.07) is 6.97. The summed E-state index contributed by atoms with van der Waals surface area (Å²) in [6.45, 7) is 8.05. The quantitative estimate of drug-likeness (QED) is 0.600. The topological polar surface area (TPSA) is 76.7 Å². The summed E-state index contributed by atoms with van der Waals surface area (Å²) in [5, 5.41) is 4.78. The largest absolute Gasteiger partial charge is 0.293 e. The minimum atomic E-state index is -3.53. The fraction of sp³-hybridized carbons (Fsp3) is 0.455. The number of hydrogen-bond acceptors (Lipinski definition) is 4. The van der Waals surface area contributed by atoms with Crippen LogP contribution in [0.2, 0.25) is 0 Å². The summed E-state index contributed by atoms with van der Waals surface area (Å²) in [6.07, 6.45) is 1.92. The highest BCUT2D eigenvalue weighted by Crippen LogP contribution is 2.29. The summed E-state index contributed by atoms with van der Waals surface area (Å²) in [5.74, 6) is 0.819. The van der Waals surface area contributed by atoms with E-state index >= 15 is 0 Å². The van der Waals surface area contributed by atoms with Gasteiger partial charge in [0.1, 0.15) is 5.52 Å². The van der Waals surface area contributed by atoms with Crippen molar-refractivity contribution in [1.29, 1.82) is 0 Å². The van der Waals surface area contributed by atoms with Crippen LogP contribution in [0.1, 0.15) is 49.4 Å². The van der Waals surface area contributed by atoms with Crippen LogP contribution in [0, 0.1) is 13.8 Å². The highest BCUT2D eigenvalue weighted by molar-refractivity contribution is 7.89. The van der Waals surface area contributed by atoms with Crippen LogP contribution in [0.4, 0.5) is 0 Å². The van der Waals surface area contributed by atoms with E-state index in [4.69, 9.17) is 5.10 Å². The molecule has 0 saturated carbocycles. The third-order valence-electron chi connectivity index (χ3n) is 5.85. The van der Waals surface area contributed by atoms with Crippen molar-refractivity contribution in [2.75, 3.05) is 14.1 Å². The molecule has 0 amide bonds. The second kappa shape index (κ2) is 8.00. The Labute approximate surface area is 178 Å². The average molecular weight is 431 g/mol. The van der Waals surface area contributed by atoms with Gasteiger partial charge in [0.15, 0.2) is 5.82 Å². The van der Waals surface area contributed by atoms with E-state index in [1.165, 1.54) is 18.4 Å². The van der Waals surface area contributed by atoms with Gasteiger partial charge in [0, 0.05) is 32.4 Å². The van der Waals surface area contributed by atoms with Crippen molar-refractivity contribution in [2.24, 2.45) is 7.05 Å². The van der Waals surface area contributed by atoms with Crippen molar-refractivity contribution in [3.8, 4) is 11.4 Å². The fourth-order valence-corrected chi connectivity index (χ4v) is 4.93. The predicted molar refractivity (Wildman–Crippen MR) is 120 cm³/mol. The van der Waals surface area contributed by atoms with Crippen molar-refractivity contribution in [3.05, 3.63) is 51.4 Å². The third kappa shape index (κ3) is 3.48. The zero-order valence-corrected chi connectivity index (χ0v) is 19.5. The van der Waals surface area contributed by atoms with E-state index in [2.05, 4.69) is 19.9 Å². The molecule has 2 heterocycles. The number of hydrogen-bond donors (Lipinski definition) is 0. The van der Waals surface area contributed by atoms with Gasteiger partial charge < -0.3 is 0 Å². The van der Waals surface area contributed by atoms with Crippen molar-refractivity contribution in [2.45, 2.75) is 51.3 Å². The summed E-state index contributed by atoms with van der Waals surface area (Å²) >= 11 is 0. The molecule has 0 aliphatic rings. The molecule has 0 atom stereocenters. The Morgan fingerprint density at radius 2 is 1.73 bits per heavy atom. The first-order valence-electron chi connectivity index (χ1n) is 10.2. The van der Waals surface area contributed by atoms with Crippen molar-refractivity contribution in [3.63, 3.8) is 0 Å². The molecule has 0 saturated heterocycles. The van der Waals surface area contributed by atoms with E-state index in [-0.39, 0.29) is 10.5 Å². The molecule has 0 aliphatic carbocycles. The molecule has 0 unspecified atom stereocenters. The zero-order valence-electron chi connectivity index (χ0n) is 18.7. The van der Waals surface area contributed by atoms with E-state index < -0.39 is 10.0 Å². The van der Waals surface area contributed by atoms with Gasteiger partial charge in [0.25, 0.3) is 5.56 Å². The molecule has 0 fully saturated rings. The molecule has 0 radical (unpaired) electrons. The maximum atomic E-state index is 13.3. The van der Waals surface area contributed by atoms with Gasteiger partial charge >= 0.3 is 0 Å². The molecular weight excluding hydrogens is 400 g/mol. The van der Waals surface area contributed by atoms with E-state index in [9.17, 15) is 13.2 Å². The van der Waals surface area contributed by atoms with Gasteiger partial charge in [-0.1, -0.05) is 13.8 Å². The maximum absolute atomic E-state index is 13.3. The van der Waals surface area contributed by atoms with E-state index in [1.807, 2.05) is 13.8 Å². The molecule has 0 bridgehead atoms. The SMILES string of the molecule is CCC(CC)c1cc(C)n2nc(-c3ccc(S(=O)(=O)N(C)C)cc3C)n(C)c(=O)c12. The van der Waals surface area contributed by atoms with Crippen LogP contribution in [-0.2, 0) is 17.1 Å². The number of fused-ring (bicyclic) bond motifs is 1. The van der Waals surface area contributed by atoms with Crippen LogP contribution < -0.4 is 5.56 Å². The van der Waals surface area contributed by atoms with Crippen LogP contribution in [0.3, 0.4) is 0 Å². The van der Waals surface area contributed by atoms with Gasteiger partial charge in [0.2, 0.25) is 10.0 Å². The summed E-state index contributed by atoms with van der Waals surface area (Å²) < 4.78 is 29.4. The fourth-order valence-electron chi connectivity index (χ4n) is 3.95. The minimum Gasteiger partial charge on any atom is -0.293 e. The van der Waals surface area contributed by atoms with Gasteiger partial charge in [-0.3, -0.25) is 9.36 Å². The summed E-state index contributed by atoms with van der Waals surface area (Å²) in [4.78, 5) is 13.5. The van der Waals surface area contributed by atoms with Gasteiger partial charge in [-0.25, -0.2) is 17.2 Å². The monoisotopic (exact) mass is 430 g/mol. The zero-order chi connectivity index (χ0) is 22.4. The highest BCUT2D eigenvalue weighted by atomic mass is 32.2. The van der Waals surface area contributed by atoms with Gasteiger partial charge in [0.05, 0.1) is 4.90 Å². The molecule has 162 valence electrons. The molecule has 0 N–H and O–H groups in total. The third-order valence-corrected chi connectivity index (χ3v) is 7.66. The normalized spacial score (nSPS) is 12.4. The first kappa shape index (κ1) is 22.2. The van der Waals surface area contributed by atoms with E-state index in [0.717, 1.165) is 35.2 Å². The number of aryl methyl sites for hydroxylation is 2. The molecule has 1 aromatic carbocycles. The number of nitrogens with zero attached hydrogens (tertiary/aromatic N) is 4. The Hall–Kier alpha value is -2.45. The lowest BCUT2D eigenvalue weighted by atomic mass is 9.95. The second-order valence-corrected chi connectivity index (χ2v) is 10.1. The standard InChI is InChI=1S/C22H30N4O3S/c1-8-16(9-2)19-13-15(4)26-20(19)22(27)25(7)21(23-26)18-11-10-17(12-14(18)3)30(28,29)24(5)6/h10-13,16H,8-9H2,1-7H3. The number of rotatable bonds is 6. The molecule has 7 nitrogen and oxygen atoms in total. The van der Waals surface area contributed by atoms with E-state index in [0.29, 0.717) is 17.3 Å². The number of aromatic nitrogens is 3. The molecule has 0 spiro atoms. The van der Waals surface area contributed by atoms with Crippen LogP contribution in [-0.4, -0.2) is 41.0 Å². The van der Waals surface area contributed by atoms with Crippen molar-refractivity contribution >= 4 is 15.5 Å². The molecule has 30 heavy (non-hydrogen) atoms. The molecule has 0 aliphatic heterocycles. The van der Waals surface area contributed by atoms with Crippen LogP contribution in [0.15, 0.2) is 34.0 Å². The van der Waals surface area contributed by atoms with Crippen molar-refractivity contribution < 1.29 is 8.42 Å². The highest BCUT2D eigenvalue weighted by Gasteiger charge is 2.22. The molecular formula is C22H30N4O3S. The van der Waals surface area contributed by atoms with Gasteiger partial charge in [-0.05, 0) is 68.0 Å². The smallest absolute Gasteiger partial charge is 0.278 e. The minimum absolute atomic E-state index is 0.0978. The lowest BCUT2D eigenvalue weighted by Gasteiger charge is -2.16. The first-order valence-corrected chi connectivity index (χ1v) is 11.6. The lowest BCUT2D eigenvalue weighted by molar-refractivity contribution is 0.520. The molecule has 8 heteroatoms. The lowest BCUT2D eigenvalue weighted by Crippen LogP contribution is -2.25. The van der Waals surface area contributed by atoms with Crippen LogP contribution in [0.25, 0.3) is 16.9 Å². The summed E-state index contributed by atoms with van der Waals surface area (Å²) in [5.41, 5.74) is 3.95. The number of sulfonamides is 1. The Kier molecular flexibility index (Phi) is 5.93. The van der Waals surface area contributed by atoms with E-state index in [1.54, 1.807) is 34.3 Å². The van der Waals surface area contributed by atoms with Crippen molar-refractivity contribution in [1.82, 2.24) is 18.5 Å². The van der Waals surface area contributed by atoms with Crippen LogP contribution in [0.5, 0.6) is 0 Å². The second-order valence-electron chi connectivity index (χ2n) is 7.97. The Morgan fingerprint density at radius 1 is 1.10 bits per heavy atom. The number of benzene rings is 1. The first-order chi connectivity index (χ1) is 14.0.